The van der Waals surface area contributed by atoms with E-state index in [0.717, 1.165) is 5.57 Å². The average Bonchev–Trinajstić information content (AvgIpc) is 2.35. The largest absolute Gasteiger partial charge is 0.507 e. The first-order valence-electron chi connectivity index (χ1n) is 5.80. The second-order valence-corrected chi connectivity index (χ2v) is 4.16. The number of phenolic OH excluding ortho intramolecular Hbond substituents is 1. The Labute approximate surface area is 107 Å². The molecule has 0 aromatic heterocycles. The number of benzene rings is 1. The molecule has 0 heterocycles. The van der Waals surface area contributed by atoms with Crippen LogP contribution in [0.4, 0.5) is 0 Å². The van der Waals surface area contributed by atoms with Crippen LogP contribution in [0, 0.1) is 0 Å². The van der Waals surface area contributed by atoms with Crippen LogP contribution in [-0.4, -0.2) is 36.1 Å². The molecular weight excluding hydrogens is 230 g/mol. The monoisotopic (exact) mass is 249 g/mol. The molecule has 0 saturated carbocycles. The summed E-state index contributed by atoms with van der Waals surface area (Å²) in [7, 11) is 1.52. The first-order valence-corrected chi connectivity index (χ1v) is 5.80. The van der Waals surface area contributed by atoms with Crippen molar-refractivity contribution in [2.24, 2.45) is 0 Å². The minimum Gasteiger partial charge on any atom is -0.507 e. The van der Waals surface area contributed by atoms with Gasteiger partial charge >= 0.3 is 0 Å². The van der Waals surface area contributed by atoms with Crippen molar-refractivity contribution >= 4 is 5.91 Å². The van der Waals surface area contributed by atoms with Crippen LogP contribution in [0.1, 0.15) is 24.2 Å². The van der Waals surface area contributed by atoms with E-state index in [1.807, 2.05) is 13.8 Å². The molecule has 0 aliphatic rings. The second-order valence-electron chi connectivity index (χ2n) is 4.16. The molecule has 1 N–H and O–H groups in total. The standard InChI is InChI=1S/C14H19NO3/c1-5-15(9-10(2)3)14(17)12-8-11(18-4)6-7-13(12)16/h6-8,16H,2,5,9H2,1,3-4H3. The van der Waals surface area contributed by atoms with Crippen molar-refractivity contribution in [1.82, 2.24) is 4.90 Å². The molecular formula is C14H19NO3. The van der Waals surface area contributed by atoms with Crippen molar-refractivity contribution in [3.63, 3.8) is 0 Å². The number of amides is 1. The van der Waals surface area contributed by atoms with E-state index >= 15 is 0 Å². The van der Waals surface area contributed by atoms with Gasteiger partial charge < -0.3 is 14.7 Å². The number of methoxy groups -OCH3 is 1. The minimum absolute atomic E-state index is 0.0408. The molecule has 4 nitrogen and oxygen atoms in total. The van der Waals surface area contributed by atoms with Crippen molar-refractivity contribution < 1.29 is 14.6 Å². The molecule has 18 heavy (non-hydrogen) atoms. The predicted octanol–water partition coefficient (Wildman–Crippen LogP) is 2.44. The number of carbonyl (C=O) groups excluding carboxylic acids is 1. The zero-order chi connectivity index (χ0) is 13.7. The third kappa shape index (κ3) is 3.26. The van der Waals surface area contributed by atoms with E-state index in [1.165, 1.54) is 13.2 Å². The maximum atomic E-state index is 12.3. The first kappa shape index (κ1) is 14.1. The summed E-state index contributed by atoms with van der Waals surface area (Å²) in [6.07, 6.45) is 0. The normalized spacial score (nSPS) is 9.94. The van der Waals surface area contributed by atoms with Crippen LogP contribution in [0.3, 0.4) is 0 Å². The van der Waals surface area contributed by atoms with Crippen molar-refractivity contribution in [2.45, 2.75) is 13.8 Å². The highest BCUT2D eigenvalue weighted by Gasteiger charge is 2.18. The molecule has 1 aromatic carbocycles. The van der Waals surface area contributed by atoms with E-state index < -0.39 is 0 Å². The summed E-state index contributed by atoms with van der Waals surface area (Å²) in [4.78, 5) is 13.9. The number of likely N-dealkylation sites (N-methyl/N-ethyl adjacent to an activating group) is 1. The van der Waals surface area contributed by atoms with E-state index in [9.17, 15) is 9.90 Å². The van der Waals surface area contributed by atoms with Gasteiger partial charge in [-0.05, 0) is 32.0 Å². The quantitative estimate of drug-likeness (QED) is 0.815. The molecule has 0 aliphatic heterocycles. The molecule has 0 spiro atoms. The summed E-state index contributed by atoms with van der Waals surface area (Å²) < 4.78 is 5.06. The van der Waals surface area contributed by atoms with Crippen LogP contribution in [-0.2, 0) is 0 Å². The minimum atomic E-state index is -0.225. The van der Waals surface area contributed by atoms with Gasteiger partial charge in [0.2, 0.25) is 0 Å². The smallest absolute Gasteiger partial charge is 0.258 e. The number of nitrogens with zero attached hydrogens (tertiary/aromatic N) is 1. The van der Waals surface area contributed by atoms with Gasteiger partial charge in [-0.15, -0.1) is 0 Å². The molecule has 0 aliphatic carbocycles. The summed E-state index contributed by atoms with van der Waals surface area (Å²) in [6, 6.07) is 4.61. The number of rotatable bonds is 5. The Hall–Kier alpha value is -1.97. The first-order chi connectivity index (χ1) is 8.49. The van der Waals surface area contributed by atoms with Crippen LogP contribution in [0.25, 0.3) is 0 Å². The maximum Gasteiger partial charge on any atom is 0.258 e. The van der Waals surface area contributed by atoms with Crippen LogP contribution in [0.2, 0.25) is 0 Å². The molecule has 0 saturated heterocycles. The topological polar surface area (TPSA) is 49.8 Å². The SMILES string of the molecule is C=C(C)CN(CC)C(=O)c1cc(OC)ccc1O. The zero-order valence-electron chi connectivity index (χ0n) is 11.1. The van der Waals surface area contributed by atoms with Crippen molar-refractivity contribution in [2.75, 3.05) is 20.2 Å². The number of hydrogen-bond acceptors (Lipinski definition) is 3. The van der Waals surface area contributed by atoms with Gasteiger partial charge in [0, 0.05) is 13.1 Å². The van der Waals surface area contributed by atoms with Crippen LogP contribution in [0.5, 0.6) is 11.5 Å². The lowest BCUT2D eigenvalue weighted by Gasteiger charge is -2.21. The lowest BCUT2D eigenvalue weighted by molar-refractivity contribution is 0.0775. The Morgan fingerprint density at radius 3 is 2.67 bits per heavy atom. The molecule has 0 radical (unpaired) electrons. The highest BCUT2D eigenvalue weighted by molar-refractivity contribution is 5.97. The maximum absolute atomic E-state index is 12.3. The Kier molecular flexibility index (Phi) is 4.77. The molecule has 4 heteroatoms. The number of carbonyl (C=O) groups is 1. The van der Waals surface area contributed by atoms with Gasteiger partial charge in [-0.3, -0.25) is 4.79 Å². The number of phenols is 1. The van der Waals surface area contributed by atoms with Crippen LogP contribution < -0.4 is 4.74 Å². The van der Waals surface area contributed by atoms with Crippen LogP contribution >= 0.6 is 0 Å². The Bertz CT molecular complexity index is 454. The summed E-state index contributed by atoms with van der Waals surface area (Å²) in [6.45, 7) is 8.58. The fourth-order valence-electron chi connectivity index (χ4n) is 1.64. The van der Waals surface area contributed by atoms with Crippen molar-refractivity contribution in [3.8, 4) is 11.5 Å². The molecule has 0 bridgehead atoms. The fraction of sp³-hybridized carbons (Fsp3) is 0.357. The van der Waals surface area contributed by atoms with Gasteiger partial charge in [0.25, 0.3) is 5.91 Å². The van der Waals surface area contributed by atoms with E-state index in [4.69, 9.17) is 4.74 Å². The number of ether oxygens (including phenoxy) is 1. The van der Waals surface area contributed by atoms with Gasteiger partial charge in [-0.1, -0.05) is 12.2 Å². The zero-order valence-corrected chi connectivity index (χ0v) is 11.1. The predicted molar refractivity (Wildman–Crippen MR) is 71.1 cm³/mol. The third-order valence-electron chi connectivity index (χ3n) is 2.56. The summed E-state index contributed by atoms with van der Waals surface area (Å²) in [5.41, 5.74) is 1.14. The number of hydrogen-bond donors (Lipinski definition) is 1. The summed E-state index contributed by atoms with van der Waals surface area (Å²) in [5.74, 6) is 0.278. The molecule has 0 atom stereocenters. The van der Waals surface area contributed by atoms with E-state index in [1.54, 1.807) is 17.0 Å². The van der Waals surface area contributed by atoms with E-state index in [-0.39, 0.29) is 17.2 Å². The Morgan fingerprint density at radius 1 is 1.50 bits per heavy atom. The van der Waals surface area contributed by atoms with Crippen molar-refractivity contribution in [1.29, 1.82) is 0 Å². The van der Waals surface area contributed by atoms with Gasteiger partial charge in [0.1, 0.15) is 11.5 Å². The molecule has 0 unspecified atom stereocenters. The lowest BCUT2D eigenvalue weighted by Crippen LogP contribution is -2.32. The molecule has 1 aromatic rings. The number of aromatic hydroxyl groups is 1. The molecule has 0 fully saturated rings. The van der Waals surface area contributed by atoms with Gasteiger partial charge in [-0.2, -0.15) is 0 Å². The molecule has 1 rings (SSSR count). The Morgan fingerprint density at radius 2 is 2.17 bits per heavy atom. The van der Waals surface area contributed by atoms with E-state index in [0.29, 0.717) is 18.8 Å². The lowest BCUT2D eigenvalue weighted by atomic mass is 10.1. The third-order valence-corrected chi connectivity index (χ3v) is 2.56. The fourth-order valence-corrected chi connectivity index (χ4v) is 1.64. The second kappa shape index (κ2) is 6.10. The van der Waals surface area contributed by atoms with Gasteiger partial charge in [-0.25, -0.2) is 0 Å². The van der Waals surface area contributed by atoms with E-state index in [2.05, 4.69) is 6.58 Å². The highest BCUT2D eigenvalue weighted by atomic mass is 16.5. The molecule has 1 amide bonds. The van der Waals surface area contributed by atoms with Crippen LogP contribution in [0.15, 0.2) is 30.4 Å². The van der Waals surface area contributed by atoms with Crippen molar-refractivity contribution in [3.05, 3.63) is 35.9 Å². The van der Waals surface area contributed by atoms with Gasteiger partial charge in [0.05, 0.1) is 12.7 Å². The Balaban J connectivity index is 3.04. The summed E-state index contributed by atoms with van der Waals surface area (Å²) >= 11 is 0. The van der Waals surface area contributed by atoms with Gasteiger partial charge in [0.15, 0.2) is 0 Å². The average molecular weight is 249 g/mol. The molecule has 98 valence electrons. The summed E-state index contributed by atoms with van der Waals surface area (Å²) in [5, 5.41) is 9.75. The highest BCUT2D eigenvalue weighted by Crippen LogP contribution is 2.24.